The minimum absolute atomic E-state index is 0.373. The molecule has 1 aromatic heterocycles. The smallest absolute Gasteiger partial charge is 0.0767 e. The van der Waals surface area contributed by atoms with Gasteiger partial charge in [0, 0.05) is 23.8 Å². The molecular weight excluding hydrogens is 250 g/mol. The molecule has 0 radical (unpaired) electrons. The van der Waals surface area contributed by atoms with Crippen LogP contribution in [0.25, 0.3) is 5.69 Å². The van der Waals surface area contributed by atoms with Crippen LogP contribution in [0.5, 0.6) is 0 Å². The van der Waals surface area contributed by atoms with Gasteiger partial charge in [-0.2, -0.15) is 5.10 Å². The van der Waals surface area contributed by atoms with E-state index in [1.54, 1.807) is 0 Å². The summed E-state index contributed by atoms with van der Waals surface area (Å²) in [6.45, 7) is 8.29. The molecule has 4 heteroatoms. The van der Waals surface area contributed by atoms with Crippen molar-refractivity contribution in [2.24, 2.45) is 0 Å². The average molecular weight is 273 g/mol. The molecule has 0 saturated carbocycles. The van der Waals surface area contributed by atoms with E-state index in [-0.39, 0.29) is 5.54 Å². The number of nitrogens with zero attached hydrogens (tertiary/aromatic N) is 2. The van der Waals surface area contributed by atoms with Crippen molar-refractivity contribution in [3.63, 3.8) is 0 Å². The van der Waals surface area contributed by atoms with Crippen LogP contribution >= 0.6 is 0 Å². The van der Waals surface area contributed by atoms with Gasteiger partial charge in [0.15, 0.2) is 0 Å². The van der Waals surface area contributed by atoms with Crippen LogP contribution in [-0.4, -0.2) is 26.0 Å². The lowest BCUT2D eigenvalue weighted by atomic mass is 9.86. The van der Waals surface area contributed by atoms with Crippen molar-refractivity contribution in [3.05, 3.63) is 48.3 Å². The van der Waals surface area contributed by atoms with Crippen molar-refractivity contribution in [3.8, 4) is 5.69 Å². The van der Waals surface area contributed by atoms with E-state index in [4.69, 9.17) is 0 Å². The highest BCUT2D eigenvalue weighted by Gasteiger charge is 2.34. The van der Waals surface area contributed by atoms with Gasteiger partial charge in [-0.05, 0) is 39.8 Å². The number of hydrogen-bond acceptors (Lipinski definition) is 3. The molecule has 0 fully saturated rings. The molecule has 0 aliphatic heterocycles. The third kappa shape index (κ3) is 3.26. The Labute approximate surface area is 120 Å². The Hall–Kier alpha value is -1.65. The highest BCUT2D eigenvalue weighted by Crippen LogP contribution is 2.21. The molecule has 20 heavy (non-hydrogen) atoms. The van der Waals surface area contributed by atoms with E-state index in [0.717, 1.165) is 11.3 Å². The van der Waals surface area contributed by atoms with Crippen molar-refractivity contribution in [2.45, 2.75) is 45.4 Å². The van der Waals surface area contributed by atoms with Crippen LogP contribution in [0, 0.1) is 0 Å². The predicted molar refractivity (Wildman–Crippen MR) is 80.8 cm³/mol. The Morgan fingerprint density at radius 3 is 2.40 bits per heavy atom. The van der Waals surface area contributed by atoms with E-state index >= 15 is 0 Å². The van der Waals surface area contributed by atoms with E-state index in [1.165, 1.54) is 0 Å². The number of aliphatic hydroxyl groups is 1. The van der Waals surface area contributed by atoms with Gasteiger partial charge in [-0.1, -0.05) is 18.2 Å². The van der Waals surface area contributed by atoms with E-state index in [1.807, 2.05) is 75.1 Å². The molecule has 1 heterocycles. The van der Waals surface area contributed by atoms with Gasteiger partial charge in [0.2, 0.25) is 0 Å². The quantitative estimate of drug-likeness (QED) is 0.880. The van der Waals surface area contributed by atoms with Crippen molar-refractivity contribution >= 4 is 0 Å². The number of aromatic nitrogens is 2. The maximum atomic E-state index is 10.1. The first kappa shape index (κ1) is 14.8. The van der Waals surface area contributed by atoms with Crippen molar-refractivity contribution in [1.29, 1.82) is 0 Å². The van der Waals surface area contributed by atoms with E-state index < -0.39 is 5.60 Å². The third-order valence-electron chi connectivity index (χ3n) is 3.92. The molecule has 0 saturated heterocycles. The zero-order valence-electron chi connectivity index (χ0n) is 12.6. The van der Waals surface area contributed by atoms with Gasteiger partial charge in [0.25, 0.3) is 0 Å². The highest BCUT2D eigenvalue weighted by molar-refractivity contribution is 5.30. The van der Waals surface area contributed by atoms with Gasteiger partial charge < -0.3 is 10.4 Å². The Kier molecular flexibility index (Phi) is 3.97. The number of hydrogen-bond donors (Lipinski definition) is 2. The molecule has 0 amide bonds. The number of rotatable bonds is 5. The van der Waals surface area contributed by atoms with Crippen LogP contribution in [0.3, 0.4) is 0 Å². The Morgan fingerprint density at radius 2 is 1.80 bits per heavy atom. The molecule has 0 atom stereocenters. The minimum Gasteiger partial charge on any atom is -0.389 e. The van der Waals surface area contributed by atoms with Gasteiger partial charge in [-0.15, -0.1) is 0 Å². The molecule has 0 spiro atoms. The van der Waals surface area contributed by atoms with E-state index in [0.29, 0.717) is 6.54 Å². The lowest BCUT2D eigenvalue weighted by molar-refractivity contribution is -0.00531. The Morgan fingerprint density at radius 1 is 1.15 bits per heavy atom. The number of benzene rings is 1. The van der Waals surface area contributed by atoms with Crippen LogP contribution in [0.2, 0.25) is 0 Å². The maximum absolute atomic E-state index is 10.1. The SMILES string of the molecule is CC(C)(O)C(C)(C)NCc1cnn(-c2ccccc2)c1. The predicted octanol–water partition coefficient (Wildman–Crippen LogP) is 2.51. The fourth-order valence-corrected chi connectivity index (χ4v) is 1.71. The summed E-state index contributed by atoms with van der Waals surface area (Å²) in [5.74, 6) is 0. The first-order chi connectivity index (χ1) is 9.29. The summed E-state index contributed by atoms with van der Waals surface area (Å²) < 4.78 is 1.86. The van der Waals surface area contributed by atoms with Crippen LogP contribution in [0.4, 0.5) is 0 Å². The van der Waals surface area contributed by atoms with Gasteiger partial charge >= 0.3 is 0 Å². The summed E-state index contributed by atoms with van der Waals surface area (Å²) in [6.07, 6.45) is 3.85. The molecule has 2 N–H and O–H groups in total. The average Bonchev–Trinajstić information content (AvgIpc) is 2.85. The third-order valence-corrected chi connectivity index (χ3v) is 3.92. The van der Waals surface area contributed by atoms with Crippen LogP contribution < -0.4 is 5.32 Å². The normalized spacial score (nSPS) is 12.7. The van der Waals surface area contributed by atoms with E-state index in [2.05, 4.69) is 10.4 Å². The highest BCUT2D eigenvalue weighted by atomic mass is 16.3. The molecule has 2 rings (SSSR count). The summed E-state index contributed by atoms with van der Waals surface area (Å²) in [5.41, 5.74) is 0.969. The van der Waals surface area contributed by atoms with Gasteiger partial charge in [-0.25, -0.2) is 4.68 Å². The van der Waals surface area contributed by atoms with Crippen molar-refractivity contribution in [2.75, 3.05) is 0 Å². The Bertz CT molecular complexity index is 553. The lowest BCUT2D eigenvalue weighted by Crippen LogP contribution is -2.55. The van der Waals surface area contributed by atoms with Gasteiger partial charge in [0.1, 0.15) is 0 Å². The van der Waals surface area contributed by atoms with Crippen LogP contribution in [-0.2, 0) is 6.54 Å². The zero-order valence-corrected chi connectivity index (χ0v) is 12.6. The lowest BCUT2D eigenvalue weighted by Gasteiger charge is -2.38. The molecule has 4 nitrogen and oxygen atoms in total. The second-order valence-electron chi connectivity index (χ2n) is 6.17. The largest absolute Gasteiger partial charge is 0.389 e. The first-order valence-electron chi connectivity index (χ1n) is 6.86. The number of para-hydroxylation sites is 1. The summed E-state index contributed by atoms with van der Waals surface area (Å²) in [4.78, 5) is 0. The molecule has 0 unspecified atom stereocenters. The van der Waals surface area contributed by atoms with Crippen LogP contribution in [0.1, 0.15) is 33.3 Å². The summed E-state index contributed by atoms with van der Waals surface area (Å²) in [6, 6.07) is 10.0. The molecule has 0 aliphatic rings. The summed E-state index contributed by atoms with van der Waals surface area (Å²) in [7, 11) is 0. The summed E-state index contributed by atoms with van der Waals surface area (Å²) in [5, 5.41) is 17.9. The molecule has 1 aromatic carbocycles. The maximum Gasteiger partial charge on any atom is 0.0767 e. The fraction of sp³-hybridized carbons (Fsp3) is 0.438. The number of nitrogens with one attached hydrogen (secondary N) is 1. The second-order valence-corrected chi connectivity index (χ2v) is 6.17. The fourth-order valence-electron chi connectivity index (χ4n) is 1.71. The zero-order chi connectivity index (χ0) is 14.8. The minimum atomic E-state index is -0.789. The van der Waals surface area contributed by atoms with E-state index in [9.17, 15) is 5.11 Å². The molecule has 2 aromatic rings. The Balaban J connectivity index is 2.04. The van der Waals surface area contributed by atoms with Gasteiger partial charge in [-0.3, -0.25) is 0 Å². The molecule has 0 aliphatic carbocycles. The molecule has 108 valence electrons. The van der Waals surface area contributed by atoms with Crippen molar-refractivity contribution in [1.82, 2.24) is 15.1 Å². The van der Waals surface area contributed by atoms with Crippen molar-refractivity contribution < 1.29 is 5.11 Å². The topological polar surface area (TPSA) is 50.1 Å². The molecule has 0 bridgehead atoms. The first-order valence-corrected chi connectivity index (χ1v) is 6.86. The van der Waals surface area contributed by atoms with Crippen LogP contribution in [0.15, 0.2) is 42.7 Å². The molecular formula is C16H23N3O. The second kappa shape index (κ2) is 5.38. The summed E-state index contributed by atoms with van der Waals surface area (Å²) >= 11 is 0. The standard InChI is InChI=1S/C16H23N3O/c1-15(2,16(3,4)20)17-10-13-11-18-19(12-13)14-8-6-5-7-9-14/h5-9,11-12,17,20H,10H2,1-4H3. The van der Waals surface area contributed by atoms with Gasteiger partial charge in [0.05, 0.1) is 17.5 Å². The monoisotopic (exact) mass is 273 g/mol.